The summed E-state index contributed by atoms with van der Waals surface area (Å²) in [6.07, 6.45) is 11.8. The van der Waals surface area contributed by atoms with E-state index in [2.05, 4.69) is 6.92 Å². The molecule has 1 aromatic rings. The number of carbonyl (C=O) groups is 2. The van der Waals surface area contributed by atoms with Crippen LogP contribution >= 0.6 is 0 Å². The average molecular weight is 393 g/mol. The average Bonchev–Trinajstić information content (AvgIpc) is 3.12. The molecule has 3 nitrogen and oxygen atoms in total. The van der Waals surface area contributed by atoms with Gasteiger partial charge in [0.1, 0.15) is 6.10 Å². The van der Waals surface area contributed by atoms with Crippen molar-refractivity contribution in [3.05, 3.63) is 47.5 Å². The number of hydrogen-bond donors (Lipinski definition) is 0. The van der Waals surface area contributed by atoms with E-state index < -0.39 is 0 Å². The van der Waals surface area contributed by atoms with Crippen LogP contribution in [0.25, 0.3) is 0 Å². The second-order valence-corrected chi connectivity index (χ2v) is 9.77. The van der Waals surface area contributed by atoms with Crippen molar-refractivity contribution >= 4 is 11.8 Å². The van der Waals surface area contributed by atoms with Crippen LogP contribution in [0.1, 0.15) is 75.1 Å². The molecule has 0 aromatic heterocycles. The second-order valence-electron chi connectivity index (χ2n) is 9.77. The van der Waals surface area contributed by atoms with E-state index in [0.717, 1.165) is 43.9 Å². The molecule has 0 N–H and O–H groups in total. The number of rotatable bonds is 3. The molecule has 154 valence electrons. The number of benzene rings is 1. The fourth-order valence-electron chi connectivity index (χ4n) is 7.56. The Bertz CT molecular complexity index is 826. The zero-order valence-electron chi connectivity index (χ0n) is 17.4. The van der Waals surface area contributed by atoms with E-state index in [-0.39, 0.29) is 17.5 Å². The Labute approximate surface area is 173 Å². The fourth-order valence-corrected chi connectivity index (χ4v) is 7.56. The highest BCUT2D eigenvalue weighted by Crippen LogP contribution is 2.63. The Hall–Kier alpha value is -1.90. The number of allylic oxidation sites excluding steroid dienone is 1. The Kier molecular flexibility index (Phi) is 4.88. The first kappa shape index (κ1) is 19.1. The highest BCUT2D eigenvalue weighted by atomic mass is 16.5. The Morgan fingerprint density at radius 2 is 1.86 bits per heavy atom. The summed E-state index contributed by atoms with van der Waals surface area (Å²) in [6, 6.07) is 9.43. The van der Waals surface area contributed by atoms with Crippen LogP contribution in [0.4, 0.5) is 0 Å². The van der Waals surface area contributed by atoms with Crippen LogP contribution in [0.5, 0.6) is 0 Å². The van der Waals surface area contributed by atoms with E-state index in [4.69, 9.17) is 4.74 Å². The summed E-state index contributed by atoms with van der Waals surface area (Å²) in [5, 5.41) is 0. The SMILES string of the molecule is CC[C@]12CC[C@H]3[C@@H](CCC4=CC(=O)CC[C@@H]43)[C@@H]1CC[C@@H]2OC(=O)c1ccccc1. The molecule has 5 rings (SSSR count). The molecule has 0 radical (unpaired) electrons. The molecular weight excluding hydrogens is 360 g/mol. The van der Waals surface area contributed by atoms with Crippen molar-refractivity contribution in [2.24, 2.45) is 29.1 Å². The van der Waals surface area contributed by atoms with Gasteiger partial charge in [-0.25, -0.2) is 4.79 Å². The van der Waals surface area contributed by atoms with E-state index in [1.807, 2.05) is 36.4 Å². The minimum atomic E-state index is -0.161. The van der Waals surface area contributed by atoms with E-state index >= 15 is 0 Å². The third kappa shape index (κ3) is 3.08. The molecule has 4 aliphatic carbocycles. The van der Waals surface area contributed by atoms with Crippen LogP contribution in [-0.4, -0.2) is 17.9 Å². The van der Waals surface area contributed by atoms with Gasteiger partial charge in [-0.1, -0.05) is 30.7 Å². The van der Waals surface area contributed by atoms with Gasteiger partial charge in [-0.2, -0.15) is 0 Å². The highest BCUT2D eigenvalue weighted by Gasteiger charge is 2.58. The number of hydrogen-bond acceptors (Lipinski definition) is 3. The minimum Gasteiger partial charge on any atom is -0.458 e. The van der Waals surface area contributed by atoms with Crippen molar-refractivity contribution in [3.63, 3.8) is 0 Å². The summed E-state index contributed by atoms with van der Waals surface area (Å²) < 4.78 is 6.17. The first-order valence-corrected chi connectivity index (χ1v) is 11.6. The van der Waals surface area contributed by atoms with Gasteiger partial charge in [-0.3, -0.25) is 4.79 Å². The lowest BCUT2D eigenvalue weighted by atomic mass is 9.51. The molecule has 4 aliphatic rings. The van der Waals surface area contributed by atoms with E-state index in [0.29, 0.717) is 23.2 Å². The zero-order valence-corrected chi connectivity index (χ0v) is 17.4. The van der Waals surface area contributed by atoms with E-state index in [9.17, 15) is 9.59 Å². The monoisotopic (exact) mass is 392 g/mol. The van der Waals surface area contributed by atoms with Crippen LogP contribution in [-0.2, 0) is 9.53 Å². The summed E-state index contributed by atoms with van der Waals surface area (Å²) in [7, 11) is 0. The van der Waals surface area contributed by atoms with Crippen molar-refractivity contribution in [3.8, 4) is 0 Å². The van der Waals surface area contributed by atoms with Crippen molar-refractivity contribution in [1.82, 2.24) is 0 Å². The Morgan fingerprint density at radius 1 is 1.03 bits per heavy atom. The van der Waals surface area contributed by atoms with E-state index in [1.54, 1.807) is 0 Å². The third-order valence-electron chi connectivity index (χ3n) is 8.85. The van der Waals surface area contributed by atoms with Gasteiger partial charge in [-0.05, 0) is 93.2 Å². The summed E-state index contributed by atoms with van der Waals surface area (Å²) in [6.45, 7) is 2.30. The molecule has 0 bridgehead atoms. The Morgan fingerprint density at radius 3 is 2.66 bits per heavy atom. The topological polar surface area (TPSA) is 43.4 Å². The van der Waals surface area contributed by atoms with Crippen molar-refractivity contribution < 1.29 is 14.3 Å². The van der Waals surface area contributed by atoms with Gasteiger partial charge in [0.2, 0.25) is 0 Å². The predicted molar refractivity (Wildman–Crippen MR) is 112 cm³/mol. The Balaban J connectivity index is 1.37. The lowest BCUT2D eigenvalue weighted by Gasteiger charge is -2.54. The molecule has 3 heteroatoms. The van der Waals surface area contributed by atoms with E-state index in [1.165, 1.54) is 31.3 Å². The van der Waals surface area contributed by atoms with Crippen LogP contribution < -0.4 is 0 Å². The quantitative estimate of drug-likeness (QED) is 0.616. The van der Waals surface area contributed by atoms with Crippen LogP contribution in [0, 0.1) is 29.1 Å². The summed E-state index contributed by atoms with van der Waals surface area (Å²) in [4.78, 5) is 24.7. The summed E-state index contributed by atoms with van der Waals surface area (Å²) >= 11 is 0. The smallest absolute Gasteiger partial charge is 0.338 e. The lowest BCUT2D eigenvalue weighted by Crippen LogP contribution is -2.49. The van der Waals surface area contributed by atoms with Gasteiger partial charge in [0.25, 0.3) is 0 Å². The van der Waals surface area contributed by atoms with Gasteiger partial charge >= 0.3 is 5.97 Å². The van der Waals surface area contributed by atoms with Crippen molar-refractivity contribution in [1.29, 1.82) is 0 Å². The van der Waals surface area contributed by atoms with Gasteiger partial charge in [0.05, 0.1) is 5.56 Å². The summed E-state index contributed by atoms with van der Waals surface area (Å²) in [5.74, 6) is 2.94. The molecule has 3 fully saturated rings. The standard InChI is InChI=1S/C26H32O3/c1-2-26-15-14-21-20-11-9-19(27)16-18(20)8-10-22(21)23(26)12-13-24(26)29-25(28)17-6-4-3-5-7-17/h3-7,16,20-24H,2,8-15H2,1H3/t20-,21+,22+,23-,24-,26-/m0/s1. The van der Waals surface area contributed by atoms with Gasteiger partial charge < -0.3 is 4.74 Å². The second kappa shape index (κ2) is 7.41. The molecule has 0 amide bonds. The van der Waals surface area contributed by atoms with Crippen LogP contribution in [0.2, 0.25) is 0 Å². The third-order valence-corrected chi connectivity index (χ3v) is 8.85. The molecule has 0 unspecified atom stereocenters. The lowest BCUT2D eigenvalue weighted by molar-refractivity contribution is -0.116. The molecular formula is C26H32O3. The highest BCUT2D eigenvalue weighted by molar-refractivity contribution is 5.91. The maximum Gasteiger partial charge on any atom is 0.338 e. The van der Waals surface area contributed by atoms with Crippen molar-refractivity contribution in [2.45, 2.75) is 70.8 Å². The number of esters is 1. The van der Waals surface area contributed by atoms with Gasteiger partial charge in [0.15, 0.2) is 5.78 Å². The number of fused-ring (bicyclic) bond motifs is 5. The van der Waals surface area contributed by atoms with Gasteiger partial charge in [0, 0.05) is 11.8 Å². The zero-order chi connectivity index (χ0) is 20.0. The molecule has 6 atom stereocenters. The molecule has 0 saturated heterocycles. The van der Waals surface area contributed by atoms with Crippen molar-refractivity contribution in [2.75, 3.05) is 0 Å². The minimum absolute atomic E-state index is 0.0519. The number of carbonyl (C=O) groups excluding carboxylic acids is 2. The number of ether oxygens (including phenoxy) is 1. The molecule has 3 saturated carbocycles. The largest absolute Gasteiger partial charge is 0.458 e. The first-order valence-electron chi connectivity index (χ1n) is 11.6. The summed E-state index contributed by atoms with van der Waals surface area (Å²) in [5.41, 5.74) is 2.25. The van der Waals surface area contributed by atoms with Crippen LogP contribution in [0.15, 0.2) is 42.0 Å². The molecule has 0 aliphatic heterocycles. The normalized spacial score (nSPS) is 38.4. The fraction of sp³-hybridized carbons (Fsp3) is 0.615. The molecule has 29 heavy (non-hydrogen) atoms. The predicted octanol–water partition coefficient (Wildman–Crippen LogP) is 5.74. The van der Waals surface area contributed by atoms with Crippen LogP contribution in [0.3, 0.4) is 0 Å². The number of ketones is 1. The molecule has 1 aromatic carbocycles. The van der Waals surface area contributed by atoms with Gasteiger partial charge in [-0.15, -0.1) is 0 Å². The molecule has 0 heterocycles. The first-order chi connectivity index (χ1) is 14.1. The maximum atomic E-state index is 12.8. The maximum absolute atomic E-state index is 12.8. The molecule has 0 spiro atoms.